The summed E-state index contributed by atoms with van der Waals surface area (Å²) in [7, 11) is 0. The van der Waals surface area contributed by atoms with Crippen LogP contribution >= 0.6 is 0 Å². The Morgan fingerprint density at radius 2 is 1.27 bits per heavy atom. The lowest BCUT2D eigenvalue weighted by atomic mass is 9.97. The van der Waals surface area contributed by atoms with Crippen molar-refractivity contribution in [3.05, 3.63) is 35.9 Å². The number of nitrogens with two attached hydrogens (primary N) is 4. The largest absolute Gasteiger partial charge is 0.481 e. The van der Waals surface area contributed by atoms with Crippen LogP contribution in [-0.2, 0) is 59.2 Å². The first-order valence-corrected chi connectivity index (χ1v) is 21.7. The Hall–Kier alpha value is -6.69. The minimum absolute atomic E-state index is 0.0431. The van der Waals surface area contributed by atoms with E-state index in [-0.39, 0.29) is 32.4 Å². The smallest absolute Gasteiger partial charge is 0.325 e. The zero-order valence-electron chi connectivity index (χ0n) is 37.4. The normalized spacial score (nSPS) is 16.9. The Kier molecular flexibility index (Phi) is 23.2. The maximum absolute atomic E-state index is 14.2. The molecule has 16 N–H and O–H groups in total. The number of unbranched alkanes of at least 4 members (excludes halogenated alkanes) is 1. The molecule has 1 aliphatic heterocycles. The molecule has 1 aromatic rings. The van der Waals surface area contributed by atoms with E-state index in [1.165, 1.54) is 11.8 Å². The van der Waals surface area contributed by atoms with Crippen molar-refractivity contribution < 1.29 is 63.0 Å². The summed E-state index contributed by atoms with van der Waals surface area (Å²) in [5, 5.41) is 33.5. The fraction of sp³-hybridized carbons (Fsp3) is 0.595. The van der Waals surface area contributed by atoms with Crippen LogP contribution in [0.3, 0.4) is 0 Å². The maximum atomic E-state index is 14.2. The van der Waals surface area contributed by atoms with Crippen molar-refractivity contribution >= 4 is 65.1 Å². The number of carboxylic acids is 2. The summed E-state index contributed by atoms with van der Waals surface area (Å²) in [4.78, 5) is 144. The van der Waals surface area contributed by atoms with E-state index in [2.05, 4.69) is 31.9 Å². The second-order valence-electron chi connectivity index (χ2n) is 16.2. The highest BCUT2D eigenvalue weighted by Gasteiger charge is 2.39. The summed E-state index contributed by atoms with van der Waals surface area (Å²) in [6.45, 7) is 4.90. The number of benzene rings is 1. The molecular formula is C42H65N11O13. The van der Waals surface area contributed by atoms with Gasteiger partial charge in [-0.15, -0.1) is 0 Å². The standard InChI is InChI=1S/C42H65N11O13/c1-4-22(2)34(40(63)47-23(3)42(65)66)52-38(61)29(21-32(46)55)51-36(59)27(15-16-33(56)57)48-37(60)28(19-24-11-6-5-7-12-24)50-35(58)26(13-8-9-17-43)49-39(62)30-14-10-18-53(30)41(64)25(44)20-31(45)54/h5-7,11-12,22-23,25-30,34H,4,8-10,13-21,43-44H2,1-3H3,(H2,45,54)(H2,46,55)(H,47,63)(H,48,60)(H,49,62)(H,50,58)(H,51,59)(H,52,61)(H,56,57)(H,65,66)/t22-,23-,25-,26-,27-,28-,29-,30-,34-/m0/s1. The Bertz CT molecular complexity index is 1900. The molecule has 0 radical (unpaired) electrons. The van der Waals surface area contributed by atoms with E-state index in [0.29, 0.717) is 31.2 Å². The van der Waals surface area contributed by atoms with Crippen LogP contribution in [0.2, 0.25) is 0 Å². The molecule has 24 heteroatoms. The average Bonchev–Trinajstić information content (AvgIpc) is 3.75. The van der Waals surface area contributed by atoms with Crippen LogP contribution in [0.15, 0.2) is 30.3 Å². The van der Waals surface area contributed by atoms with Gasteiger partial charge in [-0.25, -0.2) is 0 Å². The summed E-state index contributed by atoms with van der Waals surface area (Å²) in [5.41, 5.74) is 22.7. The van der Waals surface area contributed by atoms with Gasteiger partial charge in [0.2, 0.25) is 53.2 Å². The minimum Gasteiger partial charge on any atom is -0.481 e. The quantitative estimate of drug-likeness (QED) is 0.0345. The second-order valence-corrected chi connectivity index (χ2v) is 16.2. The highest BCUT2D eigenvalue weighted by molar-refractivity contribution is 5.99. The average molecular weight is 932 g/mol. The van der Waals surface area contributed by atoms with E-state index >= 15 is 0 Å². The first kappa shape index (κ1) is 55.4. The van der Waals surface area contributed by atoms with Gasteiger partial charge in [0.25, 0.3) is 0 Å². The predicted octanol–water partition coefficient (Wildman–Crippen LogP) is -3.65. The molecule has 24 nitrogen and oxygen atoms in total. The molecule has 66 heavy (non-hydrogen) atoms. The van der Waals surface area contributed by atoms with Gasteiger partial charge in [-0.05, 0) is 63.5 Å². The third-order valence-corrected chi connectivity index (χ3v) is 10.9. The van der Waals surface area contributed by atoms with Gasteiger partial charge in [0.1, 0.15) is 42.3 Å². The molecule has 1 aromatic carbocycles. The van der Waals surface area contributed by atoms with Gasteiger partial charge in [0.15, 0.2) is 0 Å². The molecule has 9 atom stereocenters. The molecule has 1 heterocycles. The van der Waals surface area contributed by atoms with Gasteiger partial charge in [-0.1, -0.05) is 50.6 Å². The molecule has 366 valence electrons. The molecule has 1 aliphatic rings. The van der Waals surface area contributed by atoms with Gasteiger partial charge < -0.3 is 69.9 Å². The molecule has 2 rings (SSSR count). The van der Waals surface area contributed by atoms with Crippen molar-refractivity contribution in [3.8, 4) is 0 Å². The van der Waals surface area contributed by atoms with Crippen molar-refractivity contribution in [2.45, 2.75) is 140 Å². The minimum atomic E-state index is -1.77. The molecule has 0 aliphatic carbocycles. The van der Waals surface area contributed by atoms with Gasteiger partial charge in [-0.3, -0.25) is 52.7 Å². The number of primary amides is 2. The molecule has 0 bridgehead atoms. The number of nitrogens with one attached hydrogen (secondary N) is 6. The van der Waals surface area contributed by atoms with Crippen LogP contribution in [0.4, 0.5) is 0 Å². The Labute approximate surface area is 381 Å². The van der Waals surface area contributed by atoms with Gasteiger partial charge in [0, 0.05) is 19.4 Å². The third-order valence-electron chi connectivity index (χ3n) is 10.9. The molecule has 0 unspecified atom stereocenters. The lowest BCUT2D eigenvalue weighted by Gasteiger charge is -2.29. The van der Waals surface area contributed by atoms with Crippen LogP contribution in [0.5, 0.6) is 0 Å². The van der Waals surface area contributed by atoms with Crippen molar-refractivity contribution in [1.82, 2.24) is 36.8 Å². The second kappa shape index (κ2) is 27.6. The lowest BCUT2D eigenvalue weighted by Crippen LogP contribution is -2.61. The molecule has 9 amide bonds. The van der Waals surface area contributed by atoms with E-state index in [9.17, 15) is 63.0 Å². The van der Waals surface area contributed by atoms with Crippen LogP contribution in [-0.4, -0.2) is 142 Å². The summed E-state index contributed by atoms with van der Waals surface area (Å²) in [6, 6.07) is -2.89. The zero-order valence-corrected chi connectivity index (χ0v) is 37.4. The van der Waals surface area contributed by atoms with Crippen LogP contribution in [0.1, 0.15) is 90.5 Å². The zero-order chi connectivity index (χ0) is 49.7. The Balaban J connectivity index is 2.45. The molecule has 1 saturated heterocycles. The maximum Gasteiger partial charge on any atom is 0.325 e. The first-order valence-electron chi connectivity index (χ1n) is 21.7. The number of carboxylic acid groups (broad SMARTS) is 2. The van der Waals surface area contributed by atoms with Gasteiger partial charge >= 0.3 is 11.9 Å². The monoisotopic (exact) mass is 931 g/mol. The van der Waals surface area contributed by atoms with Gasteiger partial charge in [0.05, 0.1) is 18.9 Å². The molecule has 1 fully saturated rings. The number of carbonyl (C=O) groups excluding carboxylic acids is 9. The van der Waals surface area contributed by atoms with E-state index < -0.39 is 145 Å². The number of hydrogen-bond acceptors (Lipinski definition) is 13. The van der Waals surface area contributed by atoms with E-state index in [0.717, 1.165) is 0 Å². The summed E-state index contributed by atoms with van der Waals surface area (Å²) < 4.78 is 0. The third kappa shape index (κ3) is 18.4. The Morgan fingerprint density at radius 1 is 0.712 bits per heavy atom. The van der Waals surface area contributed by atoms with E-state index in [4.69, 9.17) is 22.9 Å². The number of amides is 9. The van der Waals surface area contributed by atoms with E-state index in [1.54, 1.807) is 44.2 Å². The number of carbonyl (C=O) groups is 11. The van der Waals surface area contributed by atoms with Crippen LogP contribution in [0, 0.1) is 5.92 Å². The molecule has 0 aromatic heterocycles. The Morgan fingerprint density at radius 3 is 1.83 bits per heavy atom. The summed E-state index contributed by atoms with van der Waals surface area (Å²) in [6.07, 6.45) is -0.849. The van der Waals surface area contributed by atoms with Crippen molar-refractivity contribution in [3.63, 3.8) is 0 Å². The highest BCUT2D eigenvalue weighted by atomic mass is 16.4. The molecule has 0 saturated carbocycles. The van der Waals surface area contributed by atoms with E-state index in [1.807, 2.05) is 0 Å². The topological polar surface area (TPSA) is 408 Å². The van der Waals surface area contributed by atoms with Crippen LogP contribution in [0.25, 0.3) is 0 Å². The molecular weight excluding hydrogens is 867 g/mol. The predicted molar refractivity (Wildman–Crippen MR) is 235 cm³/mol. The summed E-state index contributed by atoms with van der Waals surface area (Å²) in [5.74, 6) is -11.5. The highest BCUT2D eigenvalue weighted by Crippen LogP contribution is 2.20. The summed E-state index contributed by atoms with van der Waals surface area (Å²) >= 11 is 0. The lowest BCUT2D eigenvalue weighted by molar-refractivity contribution is -0.142. The van der Waals surface area contributed by atoms with Crippen molar-refractivity contribution in [1.29, 1.82) is 0 Å². The van der Waals surface area contributed by atoms with Gasteiger partial charge in [-0.2, -0.15) is 0 Å². The number of rotatable bonds is 29. The SMILES string of the molecule is CC[C@H](C)[C@H](NC(=O)[C@H](CC(N)=O)NC(=O)[C@H](CCC(=O)O)NC(=O)[C@H](Cc1ccccc1)NC(=O)[C@H](CCCCN)NC(=O)[C@@H]1CCCN1C(=O)[C@@H](N)CC(N)=O)C(=O)N[C@@H](C)C(=O)O. The van der Waals surface area contributed by atoms with Crippen molar-refractivity contribution in [2.75, 3.05) is 13.1 Å². The van der Waals surface area contributed by atoms with Crippen LogP contribution < -0.4 is 54.8 Å². The number of likely N-dealkylation sites (tertiary alicyclic amines) is 1. The fourth-order valence-electron chi connectivity index (χ4n) is 6.99. The molecule has 0 spiro atoms. The number of nitrogens with zero attached hydrogens (tertiary/aromatic N) is 1. The van der Waals surface area contributed by atoms with Crippen molar-refractivity contribution in [2.24, 2.45) is 28.9 Å². The fourth-order valence-corrected chi connectivity index (χ4v) is 6.99. The number of hydrogen-bond donors (Lipinski definition) is 12. The first-order chi connectivity index (χ1) is 31.1. The number of aliphatic carboxylic acids is 2.